The summed E-state index contributed by atoms with van der Waals surface area (Å²) in [6.45, 7) is 3.24. The molecule has 0 spiro atoms. The summed E-state index contributed by atoms with van der Waals surface area (Å²) in [5.41, 5.74) is 1.64. The minimum Gasteiger partial charge on any atom is -0.371 e. The van der Waals surface area contributed by atoms with Gasteiger partial charge in [0, 0.05) is 30.7 Å². The van der Waals surface area contributed by atoms with E-state index in [1.165, 1.54) is 6.07 Å². The molecule has 2 aliphatic rings. The lowest BCUT2D eigenvalue weighted by molar-refractivity contribution is -0.123. The number of carbonyl (C=O) groups excluding carboxylic acids is 1. The molecule has 5 nitrogen and oxygen atoms in total. The zero-order chi connectivity index (χ0) is 21.3. The van der Waals surface area contributed by atoms with Crippen molar-refractivity contribution in [3.05, 3.63) is 59.9 Å². The average molecular weight is 431 g/mol. The average Bonchev–Trinajstić information content (AvgIpc) is 3.56. The van der Waals surface area contributed by atoms with Crippen molar-refractivity contribution < 1.29 is 17.6 Å². The van der Waals surface area contributed by atoms with Gasteiger partial charge in [-0.1, -0.05) is 25.1 Å². The Kier molecular flexibility index (Phi) is 5.82. The Labute approximate surface area is 177 Å². The summed E-state index contributed by atoms with van der Waals surface area (Å²) in [4.78, 5) is 15.1. The van der Waals surface area contributed by atoms with Gasteiger partial charge in [-0.2, -0.15) is 0 Å². The molecule has 1 aliphatic carbocycles. The van der Waals surface area contributed by atoms with E-state index in [4.69, 9.17) is 0 Å². The van der Waals surface area contributed by atoms with Crippen molar-refractivity contribution >= 4 is 21.4 Å². The van der Waals surface area contributed by atoms with Crippen LogP contribution in [0, 0.1) is 11.7 Å². The second-order valence-electron chi connectivity index (χ2n) is 8.14. The van der Waals surface area contributed by atoms with Crippen molar-refractivity contribution in [3.8, 4) is 0 Å². The first-order valence-electron chi connectivity index (χ1n) is 10.5. The highest BCUT2D eigenvalue weighted by Gasteiger charge is 2.45. The van der Waals surface area contributed by atoms with Gasteiger partial charge in [0.2, 0.25) is 5.91 Å². The van der Waals surface area contributed by atoms with Gasteiger partial charge in [-0.25, -0.2) is 12.8 Å². The molecule has 2 unspecified atom stereocenters. The third-order valence-electron chi connectivity index (χ3n) is 6.21. The molecular weight excluding hydrogens is 403 g/mol. The Morgan fingerprint density at radius 1 is 1.10 bits per heavy atom. The second kappa shape index (κ2) is 8.38. The molecule has 160 valence electrons. The molecule has 0 radical (unpaired) electrons. The number of halogens is 1. The largest absolute Gasteiger partial charge is 0.371 e. The van der Waals surface area contributed by atoms with Gasteiger partial charge < -0.3 is 10.2 Å². The van der Waals surface area contributed by atoms with Gasteiger partial charge in [0.15, 0.2) is 9.84 Å². The lowest BCUT2D eigenvalue weighted by atomic mass is 10.0. The van der Waals surface area contributed by atoms with Crippen LogP contribution >= 0.6 is 0 Å². The minimum atomic E-state index is -3.19. The molecule has 2 fully saturated rings. The van der Waals surface area contributed by atoms with Crippen molar-refractivity contribution in [3.63, 3.8) is 0 Å². The topological polar surface area (TPSA) is 66.5 Å². The molecule has 4 rings (SSSR count). The standard InChI is InChI=1S/C23H27FN2O3S/c1-2-30(28,29)18-9-7-17(8-10-18)26-13-11-16(12-14-26)25-23(27)21-15-20(21)19-5-3-4-6-22(19)24/h3-10,16,20-21H,2,11-15H2,1H3,(H,25,27). The van der Waals surface area contributed by atoms with E-state index in [0.29, 0.717) is 16.9 Å². The number of anilines is 1. The quantitative estimate of drug-likeness (QED) is 0.762. The number of piperidine rings is 1. The molecule has 7 heteroatoms. The van der Waals surface area contributed by atoms with Crippen LogP contribution in [0.5, 0.6) is 0 Å². The van der Waals surface area contributed by atoms with Crippen LogP contribution < -0.4 is 10.2 Å². The van der Waals surface area contributed by atoms with E-state index < -0.39 is 9.84 Å². The molecule has 0 aromatic heterocycles. The van der Waals surface area contributed by atoms with E-state index in [0.717, 1.165) is 31.6 Å². The lowest BCUT2D eigenvalue weighted by Crippen LogP contribution is -2.45. The van der Waals surface area contributed by atoms with Crippen molar-refractivity contribution in [1.82, 2.24) is 5.32 Å². The van der Waals surface area contributed by atoms with Crippen LogP contribution in [0.2, 0.25) is 0 Å². The summed E-state index contributed by atoms with van der Waals surface area (Å²) in [7, 11) is -3.19. The molecule has 2 atom stereocenters. The predicted molar refractivity (Wildman–Crippen MR) is 115 cm³/mol. The number of benzene rings is 2. The number of nitrogens with zero attached hydrogens (tertiary/aromatic N) is 1. The summed E-state index contributed by atoms with van der Waals surface area (Å²) in [6, 6.07) is 13.8. The number of hydrogen-bond donors (Lipinski definition) is 1. The van der Waals surface area contributed by atoms with Gasteiger partial charge >= 0.3 is 0 Å². The third kappa shape index (κ3) is 4.36. The number of carbonyl (C=O) groups is 1. The Morgan fingerprint density at radius 2 is 1.77 bits per heavy atom. The van der Waals surface area contributed by atoms with Crippen molar-refractivity contribution in [1.29, 1.82) is 0 Å². The molecule has 1 N–H and O–H groups in total. The smallest absolute Gasteiger partial charge is 0.223 e. The molecule has 2 aromatic rings. The highest BCUT2D eigenvalue weighted by molar-refractivity contribution is 7.91. The molecule has 1 heterocycles. The van der Waals surface area contributed by atoms with E-state index in [2.05, 4.69) is 10.2 Å². The molecule has 0 bridgehead atoms. The maximum atomic E-state index is 13.9. The molecule has 1 amide bonds. The van der Waals surface area contributed by atoms with E-state index in [9.17, 15) is 17.6 Å². The summed E-state index contributed by atoms with van der Waals surface area (Å²) in [5, 5.41) is 3.14. The fraction of sp³-hybridized carbons (Fsp3) is 0.435. The maximum Gasteiger partial charge on any atom is 0.223 e. The number of rotatable bonds is 6. The van der Waals surface area contributed by atoms with Crippen LogP contribution in [-0.2, 0) is 14.6 Å². The predicted octanol–water partition coefficient (Wildman–Crippen LogP) is 3.51. The van der Waals surface area contributed by atoms with E-state index in [1.807, 2.05) is 18.2 Å². The third-order valence-corrected chi connectivity index (χ3v) is 7.96. The summed E-state index contributed by atoms with van der Waals surface area (Å²) < 4.78 is 37.8. The lowest BCUT2D eigenvalue weighted by Gasteiger charge is -2.34. The Hall–Kier alpha value is -2.41. The minimum absolute atomic E-state index is 0.01000. The van der Waals surface area contributed by atoms with Crippen LogP contribution in [0.4, 0.5) is 10.1 Å². The maximum absolute atomic E-state index is 13.9. The summed E-state index contributed by atoms with van der Waals surface area (Å²) in [6.07, 6.45) is 2.37. The van der Waals surface area contributed by atoms with E-state index in [1.54, 1.807) is 31.2 Å². The normalized spacial score (nSPS) is 22.0. The summed E-state index contributed by atoms with van der Waals surface area (Å²) in [5.74, 6) is -0.257. The zero-order valence-corrected chi connectivity index (χ0v) is 17.9. The van der Waals surface area contributed by atoms with Gasteiger partial charge in [-0.3, -0.25) is 4.79 Å². The molecule has 1 saturated heterocycles. The van der Waals surface area contributed by atoms with Crippen LogP contribution in [0.1, 0.15) is 37.7 Å². The van der Waals surface area contributed by atoms with E-state index >= 15 is 0 Å². The van der Waals surface area contributed by atoms with Gasteiger partial charge in [0.25, 0.3) is 0 Å². The Bertz CT molecular complexity index is 1010. The van der Waals surface area contributed by atoms with Crippen LogP contribution in [0.15, 0.2) is 53.4 Å². The number of amides is 1. The Balaban J connectivity index is 1.28. The fourth-order valence-corrected chi connectivity index (χ4v) is 5.11. The second-order valence-corrected chi connectivity index (χ2v) is 10.4. The Morgan fingerprint density at radius 3 is 2.40 bits per heavy atom. The van der Waals surface area contributed by atoms with Crippen LogP contribution in [0.3, 0.4) is 0 Å². The highest BCUT2D eigenvalue weighted by atomic mass is 32.2. The van der Waals surface area contributed by atoms with Gasteiger partial charge in [-0.15, -0.1) is 0 Å². The fourth-order valence-electron chi connectivity index (χ4n) is 4.23. The molecule has 1 saturated carbocycles. The summed E-state index contributed by atoms with van der Waals surface area (Å²) >= 11 is 0. The van der Waals surface area contributed by atoms with Crippen LogP contribution in [0.25, 0.3) is 0 Å². The number of nitrogens with one attached hydrogen (secondary N) is 1. The molecule has 1 aliphatic heterocycles. The van der Waals surface area contributed by atoms with Gasteiger partial charge in [-0.05, 0) is 61.1 Å². The van der Waals surface area contributed by atoms with Gasteiger partial charge in [0.1, 0.15) is 5.82 Å². The number of hydrogen-bond acceptors (Lipinski definition) is 4. The van der Waals surface area contributed by atoms with Crippen molar-refractivity contribution in [2.45, 2.75) is 43.0 Å². The van der Waals surface area contributed by atoms with Crippen LogP contribution in [-0.4, -0.2) is 39.2 Å². The van der Waals surface area contributed by atoms with Gasteiger partial charge in [0.05, 0.1) is 10.6 Å². The monoisotopic (exact) mass is 430 g/mol. The SMILES string of the molecule is CCS(=O)(=O)c1ccc(N2CCC(NC(=O)C3CC3c3ccccc3F)CC2)cc1. The molecule has 2 aromatic carbocycles. The molecule has 30 heavy (non-hydrogen) atoms. The first kappa shape index (κ1) is 20.8. The molecular formula is C23H27FN2O3S. The van der Waals surface area contributed by atoms with Crippen molar-refractivity contribution in [2.24, 2.45) is 5.92 Å². The first-order chi connectivity index (χ1) is 14.4. The van der Waals surface area contributed by atoms with E-state index in [-0.39, 0.29) is 35.4 Å². The zero-order valence-electron chi connectivity index (χ0n) is 17.1. The highest BCUT2D eigenvalue weighted by Crippen LogP contribution is 2.48. The number of sulfone groups is 1. The van der Waals surface area contributed by atoms with Crippen molar-refractivity contribution in [2.75, 3.05) is 23.7 Å². The first-order valence-corrected chi connectivity index (χ1v) is 12.2.